The third-order valence-electron chi connectivity index (χ3n) is 3.11. The van der Waals surface area contributed by atoms with Crippen LogP contribution in [0.4, 0.5) is 0 Å². The van der Waals surface area contributed by atoms with Gasteiger partial charge in [-0.1, -0.05) is 13.3 Å². The monoisotopic (exact) mass is 171 g/mol. The fraction of sp³-hybridized carbons (Fsp3) is 1.00. The van der Waals surface area contributed by atoms with Crippen molar-refractivity contribution in [3.05, 3.63) is 0 Å². The zero-order chi connectivity index (χ0) is 9.19. The quantitative estimate of drug-likeness (QED) is 0.695. The van der Waals surface area contributed by atoms with Gasteiger partial charge in [-0.3, -0.25) is 4.90 Å². The molecule has 2 heteroatoms. The van der Waals surface area contributed by atoms with Crippen molar-refractivity contribution in [2.24, 2.45) is 5.92 Å². The van der Waals surface area contributed by atoms with Crippen molar-refractivity contribution in [2.75, 3.05) is 19.7 Å². The first-order valence-corrected chi connectivity index (χ1v) is 4.96. The topological polar surface area (TPSA) is 23.5 Å². The highest BCUT2D eigenvalue weighted by atomic mass is 16.3. The lowest BCUT2D eigenvalue weighted by Crippen LogP contribution is -2.45. The first-order chi connectivity index (χ1) is 5.60. The molecule has 0 spiro atoms. The second-order valence-electron chi connectivity index (χ2n) is 4.48. The summed E-state index contributed by atoms with van der Waals surface area (Å²) in [6.07, 6.45) is 2.58. The molecule has 12 heavy (non-hydrogen) atoms. The summed E-state index contributed by atoms with van der Waals surface area (Å²) in [5, 5.41) is 9.17. The summed E-state index contributed by atoms with van der Waals surface area (Å²) in [6.45, 7) is 9.08. The molecule has 1 N–H and O–H groups in total. The van der Waals surface area contributed by atoms with E-state index in [9.17, 15) is 5.11 Å². The average molecular weight is 171 g/mol. The van der Waals surface area contributed by atoms with Crippen molar-refractivity contribution in [1.29, 1.82) is 0 Å². The smallest absolute Gasteiger partial charge is 0.0610 e. The molecular formula is C10H21NO. The van der Waals surface area contributed by atoms with Crippen LogP contribution in [-0.2, 0) is 0 Å². The number of hydrogen-bond donors (Lipinski definition) is 1. The number of aliphatic hydroxyl groups is 1. The number of rotatable bonds is 3. The summed E-state index contributed by atoms with van der Waals surface area (Å²) in [7, 11) is 0. The molecule has 0 aromatic rings. The normalized spacial score (nSPS) is 26.5. The molecule has 1 unspecified atom stereocenters. The summed E-state index contributed by atoms with van der Waals surface area (Å²) in [5.41, 5.74) is -0.01000. The minimum Gasteiger partial charge on any atom is -0.394 e. The van der Waals surface area contributed by atoms with E-state index in [0.29, 0.717) is 0 Å². The van der Waals surface area contributed by atoms with E-state index >= 15 is 0 Å². The van der Waals surface area contributed by atoms with Crippen molar-refractivity contribution in [1.82, 2.24) is 4.90 Å². The highest BCUT2D eigenvalue weighted by Gasteiger charge is 2.31. The molecule has 0 aromatic heterocycles. The van der Waals surface area contributed by atoms with Gasteiger partial charge >= 0.3 is 0 Å². The van der Waals surface area contributed by atoms with Gasteiger partial charge in [0.1, 0.15) is 0 Å². The lowest BCUT2D eigenvalue weighted by atomic mass is 10.0. The van der Waals surface area contributed by atoms with Gasteiger partial charge in [0, 0.05) is 12.1 Å². The molecule has 1 heterocycles. The predicted molar refractivity (Wildman–Crippen MR) is 51.1 cm³/mol. The van der Waals surface area contributed by atoms with Crippen molar-refractivity contribution in [2.45, 2.75) is 39.2 Å². The second kappa shape index (κ2) is 3.75. The van der Waals surface area contributed by atoms with Crippen molar-refractivity contribution in [3.8, 4) is 0 Å². The van der Waals surface area contributed by atoms with E-state index in [0.717, 1.165) is 12.5 Å². The van der Waals surface area contributed by atoms with Crippen LogP contribution in [0.5, 0.6) is 0 Å². The van der Waals surface area contributed by atoms with Crippen molar-refractivity contribution >= 4 is 0 Å². The Morgan fingerprint density at radius 1 is 1.50 bits per heavy atom. The highest BCUT2D eigenvalue weighted by molar-refractivity contribution is 4.86. The van der Waals surface area contributed by atoms with Crippen LogP contribution < -0.4 is 0 Å². The van der Waals surface area contributed by atoms with Crippen LogP contribution in [0.2, 0.25) is 0 Å². The largest absolute Gasteiger partial charge is 0.394 e. The van der Waals surface area contributed by atoms with Crippen LogP contribution in [0.25, 0.3) is 0 Å². The molecule has 0 amide bonds. The summed E-state index contributed by atoms with van der Waals surface area (Å²) < 4.78 is 0. The van der Waals surface area contributed by atoms with E-state index in [2.05, 4.69) is 25.7 Å². The number of hydrogen-bond acceptors (Lipinski definition) is 2. The first kappa shape index (κ1) is 10.0. The Bertz CT molecular complexity index is 145. The van der Waals surface area contributed by atoms with Gasteiger partial charge in [-0.25, -0.2) is 0 Å². The Morgan fingerprint density at radius 2 is 2.17 bits per heavy atom. The van der Waals surface area contributed by atoms with E-state index in [1.54, 1.807) is 0 Å². The Morgan fingerprint density at radius 3 is 2.58 bits per heavy atom. The molecule has 0 bridgehead atoms. The SMILES string of the molecule is CCC1CCN(C(C)(C)CO)C1. The van der Waals surface area contributed by atoms with Crippen LogP contribution >= 0.6 is 0 Å². The molecular weight excluding hydrogens is 150 g/mol. The van der Waals surface area contributed by atoms with Gasteiger partial charge in [0.05, 0.1) is 6.61 Å². The minimum atomic E-state index is -0.01000. The zero-order valence-electron chi connectivity index (χ0n) is 8.51. The number of aliphatic hydroxyl groups excluding tert-OH is 1. The van der Waals surface area contributed by atoms with Crippen LogP contribution in [0.1, 0.15) is 33.6 Å². The predicted octanol–water partition coefficient (Wildman–Crippen LogP) is 1.49. The zero-order valence-corrected chi connectivity index (χ0v) is 8.51. The Hall–Kier alpha value is -0.0800. The number of nitrogens with zero attached hydrogens (tertiary/aromatic N) is 1. The van der Waals surface area contributed by atoms with Crippen molar-refractivity contribution in [3.63, 3.8) is 0 Å². The van der Waals surface area contributed by atoms with Crippen LogP contribution in [0.3, 0.4) is 0 Å². The maximum Gasteiger partial charge on any atom is 0.0610 e. The van der Waals surface area contributed by atoms with Gasteiger partial charge < -0.3 is 5.11 Å². The van der Waals surface area contributed by atoms with Crippen molar-refractivity contribution < 1.29 is 5.11 Å². The molecule has 72 valence electrons. The summed E-state index contributed by atoms with van der Waals surface area (Å²) in [6, 6.07) is 0. The van der Waals surface area contributed by atoms with E-state index in [1.807, 2.05) is 0 Å². The third kappa shape index (κ3) is 1.99. The van der Waals surface area contributed by atoms with Gasteiger partial charge in [-0.05, 0) is 32.7 Å². The fourth-order valence-electron chi connectivity index (χ4n) is 1.82. The van der Waals surface area contributed by atoms with Gasteiger partial charge in [-0.2, -0.15) is 0 Å². The molecule has 1 rings (SSSR count). The average Bonchev–Trinajstić information content (AvgIpc) is 2.52. The maximum atomic E-state index is 9.17. The molecule has 1 saturated heterocycles. The van der Waals surface area contributed by atoms with E-state index in [-0.39, 0.29) is 12.1 Å². The second-order valence-corrected chi connectivity index (χ2v) is 4.48. The molecule has 1 atom stereocenters. The van der Waals surface area contributed by atoms with Gasteiger partial charge in [-0.15, -0.1) is 0 Å². The Balaban J connectivity index is 2.46. The molecule has 0 aromatic carbocycles. The molecule has 1 aliphatic rings. The summed E-state index contributed by atoms with van der Waals surface area (Å²) in [4.78, 5) is 2.40. The lowest BCUT2D eigenvalue weighted by molar-refractivity contribution is 0.0742. The van der Waals surface area contributed by atoms with E-state index < -0.39 is 0 Å². The molecule has 2 nitrogen and oxygen atoms in total. The van der Waals surface area contributed by atoms with Gasteiger partial charge in [0.25, 0.3) is 0 Å². The minimum absolute atomic E-state index is 0.01000. The standard InChI is InChI=1S/C10H21NO/c1-4-9-5-6-11(7-9)10(2,3)8-12/h9,12H,4-8H2,1-3H3. The van der Waals surface area contributed by atoms with Gasteiger partial charge in [0.15, 0.2) is 0 Å². The summed E-state index contributed by atoms with van der Waals surface area (Å²) in [5.74, 6) is 0.857. The van der Waals surface area contributed by atoms with Crippen LogP contribution in [0, 0.1) is 5.92 Å². The fourth-order valence-corrected chi connectivity index (χ4v) is 1.82. The molecule has 0 radical (unpaired) electrons. The maximum absolute atomic E-state index is 9.17. The van der Waals surface area contributed by atoms with E-state index in [4.69, 9.17) is 0 Å². The van der Waals surface area contributed by atoms with Crippen LogP contribution in [-0.4, -0.2) is 35.2 Å². The first-order valence-electron chi connectivity index (χ1n) is 4.96. The lowest BCUT2D eigenvalue weighted by Gasteiger charge is -2.33. The number of likely N-dealkylation sites (tertiary alicyclic amines) is 1. The highest BCUT2D eigenvalue weighted by Crippen LogP contribution is 2.25. The Kier molecular flexibility index (Phi) is 3.13. The van der Waals surface area contributed by atoms with Crippen LogP contribution in [0.15, 0.2) is 0 Å². The summed E-state index contributed by atoms with van der Waals surface area (Å²) >= 11 is 0. The molecule has 1 fully saturated rings. The Labute approximate surface area is 75.6 Å². The van der Waals surface area contributed by atoms with E-state index in [1.165, 1.54) is 19.4 Å². The molecule has 0 aliphatic carbocycles. The van der Waals surface area contributed by atoms with Gasteiger partial charge in [0.2, 0.25) is 0 Å². The molecule has 0 saturated carbocycles. The third-order valence-corrected chi connectivity index (χ3v) is 3.11. The molecule has 1 aliphatic heterocycles.